The fraction of sp³-hybridized carbons (Fsp3) is 0.500. The molecular formula is C18H22N4O3. The molecule has 7 heteroatoms. The SMILES string of the molecule is O=C1CCN(C(=O)c2cc3cn(CC4CCCO4)cc3cn2)CCN1. The first-order valence-corrected chi connectivity index (χ1v) is 8.82. The Hall–Kier alpha value is -2.41. The average Bonchev–Trinajstić information content (AvgIpc) is 3.20. The van der Waals surface area contributed by atoms with E-state index in [1.54, 1.807) is 11.1 Å². The lowest BCUT2D eigenvalue weighted by Gasteiger charge is -2.18. The number of carbonyl (C=O) groups excluding carboxylic acids is 2. The van der Waals surface area contributed by atoms with Gasteiger partial charge in [0.2, 0.25) is 5.91 Å². The van der Waals surface area contributed by atoms with Crippen LogP contribution in [0.5, 0.6) is 0 Å². The van der Waals surface area contributed by atoms with Crippen LogP contribution in [0.2, 0.25) is 0 Å². The predicted octanol–water partition coefficient (Wildman–Crippen LogP) is 1.18. The molecule has 2 saturated heterocycles. The Morgan fingerprint density at radius 1 is 1.32 bits per heavy atom. The highest BCUT2D eigenvalue weighted by atomic mass is 16.5. The second kappa shape index (κ2) is 6.84. The zero-order chi connectivity index (χ0) is 17.2. The first-order chi connectivity index (χ1) is 12.2. The minimum Gasteiger partial charge on any atom is -0.376 e. The van der Waals surface area contributed by atoms with Crippen molar-refractivity contribution < 1.29 is 14.3 Å². The summed E-state index contributed by atoms with van der Waals surface area (Å²) in [5.41, 5.74) is 0.428. The largest absolute Gasteiger partial charge is 0.376 e. The Morgan fingerprint density at radius 3 is 3.04 bits per heavy atom. The van der Waals surface area contributed by atoms with E-state index in [0.717, 1.165) is 36.8 Å². The monoisotopic (exact) mass is 342 g/mol. The second-order valence-corrected chi connectivity index (χ2v) is 6.68. The van der Waals surface area contributed by atoms with Crippen LogP contribution in [-0.2, 0) is 16.1 Å². The Balaban J connectivity index is 1.51. The van der Waals surface area contributed by atoms with E-state index < -0.39 is 0 Å². The lowest BCUT2D eigenvalue weighted by atomic mass is 10.2. The van der Waals surface area contributed by atoms with Crippen molar-refractivity contribution in [2.75, 3.05) is 26.2 Å². The molecule has 1 unspecified atom stereocenters. The van der Waals surface area contributed by atoms with Gasteiger partial charge in [0.05, 0.1) is 6.10 Å². The predicted molar refractivity (Wildman–Crippen MR) is 92.2 cm³/mol. The van der Waals surface area contributed by atoms with Gasteiger partial charge in [-0.2, -0.15) is 0 Å². The third-order valence-corrected chi connectivity index (χ3v) is 4.84. The number of aromatic nitrogens is 2. The Morgan fingerprint density at radius 2 is 2.20 bits per heavy atom. The van der Waals surface area contributed by atoms with Crippen LogP contribution >= 0.6 is 0 Å². The minimum atomic E-state index is -0.120. The van der Waals surface area contributed by atoms with Crippen LogP contribution in [0, 0.1) is 0 Å². The van der Waals surface area contributed by atoms with E-state index in [9.17, 15) is 9.59 Å². The molecule has 2 aliphatic heterocycles. The van der Waals surface area contributed by atoms with E-state index in [1.165, 1.54) is 0 Å². The topological polar surface area (TPSA) is 76.5 Å². The first kappa shape index (κ1) is 16.1. The van der Waals surface area contributed by atoms with Crippen molar-refractivity contribution in [1.82, 2.24) is 19.8 Å². The van der Waals surface area contributed by atoms with Gasteiger partial charge in [-0.05, 0) is 18.9 Å². The number of rotatable bonds is 3. The first-order valence-electron chi connectivity index (χ1n) is 8.82. The highest BCUT2D eigenvalue weighted by Crippen LogP contribution is 2.20. The lowest BCUT2D eigenvalue weighted by molar-refractivity contribution is -0.120. The van der Waals surface area contributed by atoms with Crippen LogP contribution in [0.1, 0.15) is 29.8 Å². The maximum absolute atomic E-state index is 12.7. The zero-order valence-electron chi connectivity index (χ0n) is 14.1. The summed E-state index contributed by atoms with van der Waals surface area (Å²) < 4.78 is 7.80. The lowest BCUT2D eigenvalue weighted by Crippen LogP contribution is -2.34. The Kier molecular flexibility index (Phi) is 4.40. The molecule has 0 saturated carbocycles. The molecule has 0 bridgehead atoms. The van der Waals surface area contributed by atoms with Gasteiger partial charge < -0.3 is 19.5 Å². The molecule has 2 amide bonds. The van der Waals surface area contributed by atoms with Gasteiger partial charge in [-0.15, -0.1) is 0 Å². The van der Waals surface area contributed by atoms with Gasteiger partial charge in [0, 0.05) is 68.6 Å². The van der Waals surface area contributed by atoms with E-state index >= 15 is 0 Å². The summed E-state index contributed by atoms with van der Waals surface area (Å²) in [7, 11) is 0. The van der Waals surface area contributed by atoms with Crippen LogP contribution in [0.25, 0.3) is 10.8 Å². The van der Waals surface area contributed by atoms with Crippen molar-refractivity contribution in [2.45, 2.75) is 31.9 Å². The quantitative estimate of drug-likeness (QED) is 0.909. The van der Waals surface area contributed by atoms with E-state index in [1.807, 2.05) is 18.5 Å². The number of nitrogens with zero attached hydrogens (tertiary/aromatic N) is 3. The number of nitrogens with one attached hydrogen (secondary N) is 1. The molecule has 2 aromatic heterocycles. The van der Waals surface area contributed by atoms with Crippen molar-refractivity contribution in [3.05, 3.63) is 30.4 Å². The fourth-order valence-electron chi connectivity index (χ4n) is 3.47. The summed E-state index contributed by atoms with van der Waals surface area (Å²) >= 11 is 0. The molecule has 25 heavy (non-hydrogen) atoms. The maximum Gasteiger partial charge on any atom is 0.272 e. The standard InChI is InChI=1S/C18H22N4O3/c23-17-3-5-22(6-4-19-17)18(24)16-8-13-10-21(11-14(13)9-20-16)12-15-2-1-7-25-15/h8-11,15H,1-7,12H2,(H,19,23). The number of ether oxygens (including phenoxy) is 1. The minimum absolute atomic E-state index is 0.00933. The van der Waals surface area contributed by atoms with Crippen molar-refractivity contribution in [2.24, 2.45) is 0 Å². The molecule has 0 aromatic carbocycles. The molecule has 1 atom stereocenters. The van der Waals surface area contributed by atoms with Crippen molar-refractivity contribution in [3.8, 4) is 0 Å². The van der Waals surface area contributed by atoms with Crippen LogP contribution in [-0.4, -0.2) is 58.6 Å². The molecule has 4 heterocycles. The van der Waals surface area contributed by atoms with Crippen LogP contribution in [0.4, 0.5) is 0 Å². The summed E-state index contributed by atoms with van der Waals surface area (Å²) in [6.45, 7) is 3.12. The van der Waals surface area contributed by atoms with Crippen LogP contribution in [0.15, 0.2) is 24.7 Å². The number of hydrogen-bond donors (Lipinski definition) is 1. The summed E-state index contributed by atoms with van der Waals surface area (Å²) in [5.74, 6) is -0.129. The molecule has 2 fully saturated rings. The highest BCUT2D eigenvalue weighted by Gasteiger charge is 2.21. The highest BCUT2D eigenvalue weighted by molar-refractivity contribution is 5.96. The summed E-state index contributed by atoms with van der Waals surface area (Å²) in [6.07, 6.45) is 8.67. The van der Waals surface area contributed by atoms with Gasteiger partial charge in [0.25, 0.3) is 5.91 Å². The van der Waals surface area contributed by atoms with Crippen molar-refractivity contribution in [1.29, 1.82) is 0 Å². The molecule has 0 radical (unpaired) electrons. The van der Waals surface area contributed by atoms with Gasteiger partial charge >= 0.3 is 0 Å². The smallest absolute Gasteiger partial charge is 0.272 e. The van der Waals surface area contributed by atoms with Gasteiger partial charge in [-0.25, -0.2) is 0 Å². The fourth-order valence-corrected chi connectivity index (χ4v) is 3.47. The van der Waals surface area contributed by atoms with E-state index in [2.05, 4.69) is 14.9 Å². The van der Waals surface area contributed by atoms with Gasteiger partial charge in [-0.3, -0.25) is 14.6 Å². The molecule has 2 aromatic rings. The zero-order valence-corrected chi connectivity index (χ0v) is 14.1. The molecule has 132 valence electrons. The summed E-state index contributed by atoms with van der Waals surface area (Å²) in [4.78, 5) is 30.1. The number of carbonyl (C=O) groups is 2. The molecule has 0 aliphatic carbocycles. The van der Waals surface area contributed by atoms with E-state index in [0.29, 0.717) is 31.7 Å². The molecule has 7 nitrogen and oxygen atoms in total. The number of amides is 2. The molecule has 1 N–H and O–H groups in total. The maximum atomic E-state index is 12.7. The molecule has 4 rings (SSSR count). The van der Waals surface area contributed by atoms with Crippen LogP contribution < -0.4 is 5.32 Å². The third kappa shape index (κ3) is 3.51. The van der Waals surface area contributed by atoms with Crippen molar-refractivity contribution >= 4 is 22.6 Å². The van der Waals surface area contributed by atoms with Crippen molar-refractivity contribution in [3.63, 3.8) is 0 Å². The third-order valence-electron chi connectivity index (χ3n) is 4.84. The Labute approximate surface area is 146 Å². The van der Waals surface area contributed by atoms with Gasteiger partial charge in [0.1, 0.15) is 5.69 Å². The normalized spacial score (nSPS) is 21.4. The summed E-state index contributed by atoms with van der Waals surface area (Å²) in [5, 5.41) is 4.80. The van der Waals surface area contributed by atoms with E-state index in [4.69, 9.17) is 4.74 Å². The number of pyridine rings is 1. The number of hydrogen-bond acceptors (Lipinski definition) is 4. The molecule has 2 aliphatic rings. The van der Waals surface area contributed by atoms with Gasteiger partial charge in [0.15, 0.2) is 0 Å². The Bertz CT molecular complexity index is 795. The van der Waals surface area contributed by atoms with E-state index in [-0.39, 0.29) is 17.9 Å². The summed E-state index contributed by atoms with van der Waals surface area (Å²) in [6, 6.07) is 1.84. The second-order valence-electron chi connectivity index (χ2n) is 6.68. The molecular weight excluding hydrogens is 320 g/mol. The van der Waals surface area contributed by atoms with Gasteiger partial charge in [-0.1, -0.05) is 0 Å². The van der Waals surface area contributed by atoms with Crippen LogP contribution in [0.3, 0.4) is 0 Å². The average molecular weight is 342 g/mol. The molecule has 0 spiro atoms. The number of fused-ring (bicyclic) bond motifs is 1.